The van der Waals surface area contributed by atoms with E-state index < -0.39 is 5.91 Å². The Morgan fingerprint density at radius 2 is 1.81 bits per heavy atom. The van der Waals surface area contributed by atoms with Crippen molar-refractivity contribution in [3.05, 3.63) is 70.1 Å². The highest BCUT2D eigenvalue weighted by atomic mass is 35.5. The number of hydrogen-bond acceptors (Lipinski definition) is 5. The first kappa shape index (κ1) is 17.6. The second-order valence-electron chi connectivity index (χ2n) is 5.62. The van der Waals surface area contributed by atoms with Crippen LogP contribution in [0.4, 0.5) is 5.69 Å². The van der Waals surface area contributed by atoms with Gasteiger partial charge in [-0.1, -0.05) is 29.3 Å². The fourth-order valence-electron chi connectivity index (χ4n) is 2.49. The van der Waals surface area contributed by atoms with Crippen LogP contribution in [0.5, 0.6) is 17.2 Å². The number of hydrogen-bond donors (Lipinski definition) is 1. The maximum atomic E-state index is 12.3. The molecule has 0 spiro atoms. The molecule has 0 aliphatic carbocycles. The molecular formula is C19H13Cl2NO5. The van der Waals surface area contributed by atoms with Crippen LogP contribution in [0.2, 0.25) is 10.0 Å². The first-order valence-corrected chi connectivity index (χ1v) is 8.72. The van der Waals surface area contributed by atoms with Crippen LogP contribution in [0.15, 0.2) is 52.9 Å². The second-order valence-corrected chi connectivity index (χ2v) is 6.43. The number of anilines is 1. The Labute approximate surface area is 164 Å². The van der Waals surface area contributed by atoms with E-state index in [0.29, 0.717) is 38.7 Å². The van der Waals surface area contributed by atoms with Crippen LogP contribution in [0, 0.1) is 0 Å². The number of amides is 1. The predicted octanol–water partition coefficient (Wildman–Crippen LogP) is 5.15. The summed E-state index contributed by atoms with van der Waals surface area (Å²) in [5.41, 5.74) is 0.334. The van der Waals surface area contributed by atoms with E-state index in [1.807, 2.05) is 0 Å². The zero-order valence-corrected chi connectivity index (χ0v) is 15.3. The van der Waals surface area contributed by atoms with Gasteiger partial charge in [0.25, 0.3) is 5.91 Å². The topological polar surface area (TPSA) is 69.9 Å². The van der Waals surface area contributed by atoms with Gasteiger partial charge in [-0.2, -0.15) is 0 Å². The second kappa shape index (κ2) is 7.42. The Kier molecular flexibility index (Phi) is 4.83. The minimum atomic E-state index is -0.459. The van der Waals surface area contributed by atoms with E-state index in [-0.39, 0.29) is 19.2 Å². The molecule has 0 unspecified atom stereocenters. The van der Waals surface area contributed by atoms with Gasteiger partial charge in [0, 0.05) is 6.07 Å². The molecule has 138 valence electrons. The van der Waals surface area contributed by atoms with Gasteiger partial charge < -0.3 is 23.9 Å². The number of fused-ring (bicyclic) bond motifs is 1. The minimum absolute atomic E-state index is 0.121. The quantitative estimate of drug-likeness (QED) is 0.635. The first-order chi connectivity index (χ1) is 13.1. The zero-order chi connectivity index (χ0) is 18.8. The maximum absolute atomic E-state index is 12.3. The Balaban J connectivity index is 1.40. The average molecular weight is 406 g/mol. The molecule has 0 radical (unpaired) electrons. The first-order valence-electron chi connectivity index (χ1n) is 7.97. The van der Waals surface area contributed by atoms with E-state index in [4.69, 9.17) is 41.8 Å². The molecule has 0 saturated carbocycles. The van der Waals surface area contributed by atoms with Crippen molar-refractivity contribution in [1.82, 2.24) is 0 Å². The van der Waals surface area contributed by atoms with E-state index >= 15 is 0 Å². The number of carbonyl (C=O) groups excluding carboxylic acids is 1. The Bertz CT molecular complexity index is 981. The third-order valence-electron chi connectivity index (χ3n) is 3.81. The highest BCUT2D eigenvalue weighted by molar-refractivity contribution is 6.39. The molecule has 2 heterocycles. The summed E-state index contributed by atoms with van der Waals surface area (Å²) < 4.78 is 21.8. The number of para-hydroxylation sites is 1. The van der Waals surface area contributed by atoms with Crippen LogP contribution >= 0.6 is 23.2 Å². The lowest BCUT2D eigenvalue weighted by Crippen LogP contribution is -2.11. The molecule has 1 aliphatic rings. The molecule has 8 heteroatoms. The average Bonchev–Trinajstić information content (AvgIpc) is 3.31. The van der Waals surface area contributed by atoms with Crippen LogP contribution in [0.25, 0.3) is 0 Å². The normalized spacial score (nSPS) is 12.1. The number of rotatable bonds is 5. The molecule has 27 heavy (non-hydrogen) atoms. The number of ether oxygens (including phenoxy) is 3. The van der Waals surface area contributed by atoms with Gasteiger partial charge >= 0.3 is 0 Å². The summed E-state index contributed by atoms with van der Waals surface area (Å²) in [6, 6.07) is 13.5. The van der Waals surface area contributed by atoms with Gasteiger partial charge in [0.05, 0.1) is 15.7 Å². The molecule has 1 amide bonds. The third-order valence-corrected chi connectivity index (χ3v) is 4.44. The van der Waals surface area contributed by atoms with Crippen molar-refractivity contribution in [2.45, 2.75) is 6.61 Å². The molecule has 1 N–H and O–H groups in total. The number of halogens is 2. The van der Waals surface area contributed by atoms with Crippen LogP contribution in [-0.2, 0) is 6.61 Å². The Morgan fingerprint density at radius 3 is 2.63 bits per heavy atom. The molecule has 0 bridgehead atoms. The summed E-state index contributed by atoms with van der Waals surface area (Å²) in [5.74, 6) is 2.06. The van der Waals surface area contributed by atoms with E-state index in [2.05, 4.69) is 5.32 Å². The molecule has 0 atom stereocenters. The van der Waals surface area contributed by atoms with Crippen molar-refractivity contribution in [2.75, 3.05) is 12.1 Å². The molecule has 1 aliphatic heterocycles. The summed E-state index contributed by atoms with van der Waals surface area (Å²) in [6.07, 6.45) is 0. The van der Waals surface area contributed by atoms with Crippen LogP contribution in [0.3, 0.4) is 0 Å². The Hall–Kier alpha value is -2.83. The summed E-state index contributed by atoms with van der Waals surface area (Å²) in [4.78, 5) is 12.3. The molecule has 0 saturated heterocycles. The van der Waals surface area contributed by atoms with Gasteiger partial charge in [-0.3, -0.25) is 4.79 Å². The number of furan rings is 1. The molecule has 2 aromatic carbocycles. The fraction of sp³-hybridized carbons (Fsp3) is 0.105. The van der Waals surface area contributed by atoms with E-state index in [1.54, 1.807) is 48.5 Å². The van der Waals surface area contributed by atoms with Crippen molar-refractivity contribution < 1.29 is 23.4 Å². The summed E-state index contributed by atoms with van der Waals surface area (Å²) in [5, 5.41) is 3.33. The number of benzene rings is 2. The smallest absolute Gasteiger partial charge is 0.291 e. The standard InChI is InChI=1S/C19H13Cl2NO5/c20-13-2-1-3-14(21)18(13)22-19(23)16-7-5-12(27-16)9-24-11-4-6-15-17(8-11)26-10-25-15/h1-8H,9-10H2,(H,22,23). The molecule has 3 aromatic rings. The zero-order valence-electron chi connectivity index (χ0n) is 13.8. The number of nitrogens with one attached hydrogen (secondary N) is 1. The van der Waals surface area contributed by atoms with Crippen molar-refractivity contribution >= 4 is 34.8 Å². The largest absolute Gasteiger partial charge is 0.486 e. The Morgan fingerprint density at radius 1 is 1.04 bits per heavy atom. The molecule has 0 fully saturated rings. The van der Waals surface area contributed by atoms with Crippen molar-refractivity contribution in [3.8, 4) is 17.2 Å². The number of carbonyl (C=O) groups is 1. The van der Waals surface area contributed by atoms with Gasteiger partial charge in [0.2, 0.25) is 6.79 Å². The lowest BCUT2D eigenvalue weighted by molar-refractivity contribution is 0.0992. The van der Waals surface area contributed by atoms with Crippen LogP contribution in [0.1, 0.15) is 16.3 Å². The van der Waals surface area contributed by atoms with E-state index in [0.717, 1.165) is 0 Å². The molecule has 1 aromatic heterocycles. The van der Waals surface area contributed by atoms with Crippen molar-refractivity contribution in [2.24, 2.45) is 0 Å². The minimum Gasteiger partial charge on any atom is -0.486 e. The molecule has 4 rings (SSSR count). The SMILES string of the molecule is O=C(Nc1c(Cl)cccc1Cl)c1ccc(COc2ccc3c(c2)OCO3)o1. The molecule has 6 nitrogen and oxygen atoms in total. The fourth-order valence-corrected chi connectivity index (χ4v) is 2.98. The maximum Gasteiger partial charge on any atom is 0.291 e. The highest BCUT2D eigenvalue weighted by Gasteiger charge is 2.16. The van der Waals surface area contributed by atoms with Crippen molar-refractivity contribution in [1.29, 1.82) is 0 Å². The lowest BCUT2D eigenvalue weighted by atomic mass is 10.3. The predicted molar refractivity (Wildman–Crippen MR) is 100 cm³/mol. The summed E-state index contributed by atoms with van der Waals surface area (Å²) >= 11 is 12.1. The van der Waals surface area contributed by atoms with Crippen LogP contribution in [-0.4, -0.2) is 12.7 Å². The monoisotopic (exact) mass is 405 g/mol. The third kappa shape index (κ3) is 3.82. The van der Waals surface area contributed by atoms with Gasteiger partial charge in [0.15, 0.2) is 17.3 Å². The lowest BCUT2D eigenvalue weighted by Gasteiger charge is -2.07. The van der Waals surface area contributed by atoms with Gasteiger partial charge in [-0.15, -0.1) is 0 Å². The van der Waals surface area contributed by atoms with E-state index in [9.17, 15) is 4.79 Å². The van der Waals surface area contributed by atoms with Crippen LogP contribution < -0.4 is 19.5 Å². The summed E-state index contributed by atoms with van der Waals surface area (Å²) in [6.45, 7) is 0.352. The summed E-state index contributed by atoms with van der Waals surface area (Å²) in [7, 11) is 0. The van der Waals surface area contributed by atoms with E-state index in [1.165, 1.54) is 0 Å². The van der Waals surface area contributed by atoms with Gasteiger partial charge in [-0.05, 0) is 36.4 Å². The van der Waals surface area contributed by atoms with Gasteiger partial charge in [-0.25, -0.2) is 0 Å². The molecular weight excluding hydrogens is 393 g/mol. The van der Waals surface area contributed by atoms with Crippen molar-refractivity contribution in [3.63, 3.8) is 0 Å². The van der Waals surface area contributed by atoms with Gasteiger partial charge in [0.1, 0.15) is 18.1 Å². The highest BCUT2D eigenvalue weighted by Crippen LogP contribution is 2.35.